The van der Waals surface area contributed by atoms with E-state index in [2.05, 4.69) is 37.8 Å². The Kier molecular flexibility index (Phi) is 2.40. The third kappa shape index (κ3) is 1.52. The van der Waals surface area contributed by atoms with Crippen molar-refractivity contribution in [2.75, 3.05) is 5.75 Å². The zero-order valence-electron chi connectivity index (χ0n) is 9.02. The summed E-state index contributed by atoms with van der Waals surface area (Å²) >= 11 is 2.17. The molecule has 2 aliphatic rings. The van der Waals surface area contributed by atoms with Gasteiger partial charge in [0.2, 0.25) is 0 Å². The molecule has 1 heterocycles. The van der Waals surface area contributed by atoms with E-state index in [1.807, 2.05) is 0 Å². The van der Waals surface area contributed by atoms with Gasteiger partial charge in [0.25, 0.3) is 0 Å². The van der Waals surface area contributed by atoms with E-state index in [-0.39, 0.29) is 0 Å². The summed E-state index contributed by atoms with van der Waals surface area (Å²) in [4.78, 5) is 0.407. The maximum Gasteiger partial charge on any atom is 0.0699 e. The minimum Gasteiger partial charge on any atom is -0.299 e. The van der Waals surface area contributed by atoms with Gasteiger partial charge < -0.3 is 0 Å². The van der Waals surface area contributed by atoms with Crippen molar-refractivity contribution in [1.29, 1.82) is 0 Å². The summed E-state index contributed by atoms with van der Waals surface area (Å²) in [7, 11) is 0. The zero-order chi connectivity index (χ0) is 9.53. The summed E-state index contributed by atoms with van der Waals surface area (Å²) < 4.78 is 0. The Morgan fingerprint density at radius 3 is 2.46 bits per heavy atom. The number of thioether (sulfide) groups is 1. The van der Waals surface area contributed by atoms with Gasteiger partial charge in [0.15, 0.2) is 0 Å². The summed E-state index contributed by atoms with van der Waals surface area (Å²) in [6, 6.07) is 0.711. The van der Waals surface area contributed by atoms with Crippen molar-refractivity contribution in [1.82, 2.24) is 5.32 Å². The van der Waals surface area contributed by atoms with E-state index in [0.717, 1.165) is 0 Å². The molecule has 0 aromatic heterocycles. The molecule has 0 aromatic rings. The molecule has 76 valence electrons. The molecule has 13 heavy (non-hydrogen) atoms. The van der Waals surface area contributed by atoms with Gasteiger partial charge in [0.05, 0.1) is 4.87 Å². The van der Waals surface area contributed by atoms with Crippen molar-refractivity contribution in [3.63, 3.8) is 0 Å². The van der Waals surface area contributed by atoms with E-state index >= 15 is 0 Å². The smallest absolute Gasteiger partial charge is 0.0699 e. The summed E-state index contributed by atoms with van der Waals surface area (Å²) in [5, 5.41) is 3.82. The maximum atomic E-state index is 3.82. The third-order valence-electron chi connectivity index (χ3n) is 3.73. The van der Waals surface area contributed by atoms with Crippen LogP contribution in [0.1, 0.15) is 46.5 Å². The molecule has 0 radical (unpaired) electrons. The Hall–Kier alpha value is 0.310. The predicted molar refractivity (Wildman–Crippen MR) is 60.0 cm³/mol. The van der Waals surface area contributed by atoms with Gasteiger partial charge in [0, 0.05) is 11.8 Å². The van der Waals surface area contributed by atoms with Gasteiger partial charge in [-0.2, -0.15) is 0 Å². The number of hydrogen-bond acceptors (Lipinski definition) is 2. The molecule has 2 rings (SSSR count). The van der Waals surface area contributed by atoms with Crippen molar-refractivity contribution < 1.29 is 0 Å². The Labute approximate surface area is 86.0 Å². The third-order valence-corrected chi connectivity index (χ3v) is 5.77. The van der Waals surface area contributed by atoms with Gasteiger partial charge in [-0.15, -0.1) is 11.8 Å². The normalized spacial score (nSPS) is 44.1. The molecule has 2 atom stereocenters. The molecule has 2 heteroatoms. The van der Waals surface area contributed by atoms with Crippen molar-refractivity contribution in [3.05, 3.63) is 0 Å². The van der Waals surface area contributed by atoms with Crippen LogP contribution in [-0.4, -0.2) is 16.7 Å². The van der Waals surface area contributed by atoms with Crippen LogP contribution in [0.4, 0.5) is 0 Å². The highest BCUT2D eigenvalue weighted by molar-refractivity contribution is 8.01. The second-order valence-electron chi connectivity index (χ2n) is 5.27. The van der Waals surface area contributed by atoms with Crippen LogP contribution < -0.4 is 5.32 Å². The highest BCUT2D eigenvalue weighted by Gasteiger charge is 2.50. The van der Waals surface area contributed by atoms with Gasteiger partial charge in [-0.05, 0) is 25.2 Å². The topological polar surface area (TPSA) is 12.0 Å². The van der Waals surface area contributed by atoms with E-state index in [4.69, 9.17) is 0 Å². The van der Waals surface area contributed by atoms with Crippen LogP contribution in [-0.2, 0) is 0 Å². The number of rotatable bonds is 0. The Morgan fingerprint density at radius 1 is 1.23 bits per heavy atom. The quantitative estimate of drug-likeness (QED) is 0.643. The summed E-state index contributed by atoms with van der Waals surface area (Å²) in [6.45, 7) is 7.18. The first-order chi connectivity index (χ1) is 6.06. The molecule has 1 nitrogen and oxygen atoms in total. The number of nitrogens with one attached hydrogen (secondary N) is 1. The maximum absolute atomic E-state index is 3.82. The average Bonchev–Trinajstić information content (AvgIpc) is 2.41. The molecule has 2 unspecified atom stereocenters. The summed E-state index contributed by atoms with van der Waals surface area (Å²) in [5.41, 5.74) is 0.487. The Balaban J connectivity index is 2.19. The van der Waals surface area contributed by atoms with Gasteiger partial charge >= 0.3 is 0 Å². The van der Waals surface area contributed by atoms with Crippen LogP contribution in [0.3, 0.4) is 0 Å². The molecule has 0 bridgehead atoms. The van der Waals surface area contributed by atoms with Crippen molar-refractivity contribution in [2.24, 2.45) is 5.41 Å². The van der Waals surface area contributed by atoms with E-state index < -0.39 is 0 Å². The molecule has 1 spiro atoms. The minimum absolute atomic E-state index is 0.407. The van der Waals surface area contributed by atoms with Gasteiger partial charge in [-0.1, -0.05) is 26.7 Å². The first-order valence-electron chi connectivity index (χ1n) is 5.47. The fourth-order valence-electron chi connectivity index (χ4n) is 2.76. The van der Waals surface area contributed by atoms with Crippen molar-refractivity contribution in [3.8, 4) is 0 Å². The van der Waals surface area contributed by atoms with Crippen molar-refractivity contribution >= 4 is 11.8 Å². The van der Waals surface area contributed by atoms with E-state index in [1.165, 1.54) is 31.4 Å². The van der Waals surface area contributed by atoms with Crippen LogP contribution in [0, 0.1) is 5.41 Å². The van der Waals surface area contributed by atoms with E-state index in [0.29, 0.717) is 16.3 Å². The lowest BCUT2D eigenvalue weighted by atomic mass is 9.72. The minimum atomic E-state index is 0.407. The lowest BCUT2D eigenvalue weighted by Crippen LogP contribution is -2.53. The first-order valence-corrected chi connectivity index (χ1v) is 6.46. The molecular weight excluding hydrogens is 178 g/mol. The van der Waals surface area contributed by atoms with E-state index in [1.54, 1.807) is 0 Å². The zero-order valence-corrected chi connectivity index (χ0v) is 9.84. The second kappa shape index (κ2) is 3.16. The lowest BCUT2D eigenvalue weighted by Gasteiger charge is -2.47. The molecule has 1 saturated carbocycles. The highest BCUT2D eigenvalue weighted by atomic mass is 32.2. The molecule has 0 amide bonds. The lowest BCUT2D eigenvalue weighted by molar-refractivity contribution is 0.140. The van der Waals surface area contributed by atoms with Crippen LogP contribution >= 0.6 is 11.8 Å². The fraction of sp³-hybridized carbons (Fsp3) is 1.00. The molecule has 1 aliphatic heterocycles. The van der Waals surface area contributed by atoms with Crippen LogP contribution in [0.15, 0.2) is 0 Å². The van der Waals surface area contributed by atoms with Gasteiger partial charge in [-0.25, -0.2) is 0 Å². The fourth-order valence-corrected chi connectivity index (χ4v) is 4.45. The van der Waals surface area contributed by atoms with Crippen molar-refractivity contribution in [2.45, 2.75) is 57.4 Å². The Morgan fingerprint density at radius 2 is 1.92 bits per heavy atom. The van der Waals surface area contributed by atoms with Crippen LogP contribution in [0.25, 0.3) is 0 Å². The highest BCUT2D eigenvalue weighted by Crippen LogP contribution is 2.52. The number of hydrogen-bond donors (Lipinski definition) is 1. The van der Waals surface area contributed by atoms with Crippen LogP contribution in [0.5, 0.6) is 0 Å². The average molecular weight is 199 g/mol. The molecule has 0 aromatic carbocycles. The molecule has 1 aliphatic carbocycles. The van der Waals surface area contributed by atoms with Gasteiger partial charge in [0.1, 0.15) is 0 Å². The Bertz CT molecular complexity index is 198. The first kappa shape index (κ1) is 9.85. The molecular formula is C11H21NS. The SMILES string of the molecule is CC1CSC2(CCCCC2(C)C)N1. The summed E-state index contributed by atoms with van der Waals surface area (Å²) in [5.74, 6) is 1.30. The standard InChI is InChI=1S/C11H21NS/c1-9-8-13-11(12-9)7-5-4-6-10(11,2)3/h9,12H,4-8H2,1-3H3. The van der Waals surface area contributed by atoms with Crippen LogP contribution in [0.2, 0.25) is 0 Å². The largest absolute Gasteiger partial charge is 0.299 e. The van der Waals surface area contributed by atoms with Gasteiger partial charge in [-0.3, -0.25) is 5.32 Å². The predicted octanol–water partition coefficient (Wildman–Crippen LogP) is 3.01. The monoisotopic (exact) mass is 199 g/mol. The molecule has 2 fully saturated rings. The summed E-state index contributed by atoms with van der Waals surface area (Å²) in [6.07, 6.45) is 5.59. The molecule has 1 saturated heterocycles. The van der Waals surface area contributed by atoms with E-state index in [9.17, 15) is 0 Å². The second-order valence-corrected chi connectivity index (χ2v) is 6.59. The molecule has 1 N–H and O–H groups in total.